The molecule has 1 N–H and O–H groups in total. The van der Waals surface area contributed by atoms with E-state index < -0.39 is 0 Å². The lowest BCUT2D eigenvalue weighted by Gasteiger charge is -2.36. The van der Waals surface area contributed by atoms with Gasteiger partial charge < -0.3 is 19.5 Å². The van der Waals surface area contributed by atoms with Crippen LogP contribution < -0.4 is 10.2 Å². The zero-order chi connectivity index (χ0) is 33.2. The van der Waals surface area contributed by atoms with Crippen molar-refractivity contribution in [3.63, 3.8) is 0 Å². The van der Waals surface area contributed by atoms with Crippen molar-refractivity contribution in [2.75, 3.05) is 18.0 Å². The Balaban J connectivity index is 0.000000284. The zero-order valence-corrected chi connectivity index (χ0v) is 29.3. The molecule has 1 saturated heterocycles. The van der Waals surface area contributed by atoms with Crippen molar-refractivity contribution in [3.05, 3.63) is 59.5 Å². The number of carbonyl (C=O) groups excluding carboxylic acids is 1. The molecule has 1 amide bonds. The SMILES string of the molecule is CC.CC1CN(c2ccc(C(=O)NC3CCCCC3)cc2)CC(C)O1.CCC.CCCC(CCC)c1noc2cc(F)ccc12. The number of ether oxygens (including phenoxy) is 1. The van der Waals surface area contributed by atoms with Gasteiger partial charge in [0.25, 0.3) is 5.91 Å². The topological polar surface area (TPSA) is 67.6 Å². The van der Waals surface area contributed by atoms with Gasteiger partial charge in [0.1, 0.15) is 5.82 Å². The standard InChI is InChI=1S/C19H28N2O2.C14H18FNO.C3H8.C2H6/c1-14-12-21(13-15(2)23-14)18-10-8-16(9-11-18)19(22)20-17-6-4-3-5-7-17;1-3-5-10(6-4-2)14-12-8-7-11(15)9-13(12)17-16-14;1-3-2;1-2/h8-11,14-15,17H,3-7,12-13H2,1-2H3,(H,20,22);7-10H,3-6H2,1-2H3;3H2,1-2H3;1-2H3. The van der Waals surface area contributed by atoms with Crippen molar-refractivity contribution in [3.8, 4) is 0 Å². The van der Waals surface area contributed by atoms with E-state index in [0.29, 0.717) is 17.5 Å². The summed E-state index contributed by atoms with van der Waals surface area (Å²) in [5.41, 5.74) is 3.47. The van der Waals surface area contributed by atoms with Gasteiger partial charge in [0.2, 0.25) is 0 Å². The minimum absolute atomic E-state index is 0.0622. The molecule has 1 aliphatic carbocycles. The number of anilines is 1. The third-order valence-corrected chi connectivity index (χ3v) is 7.98. The minimum Gasteiger partial charge on any atom is -0.372 e. The molecule has 45 heavy (non-hydrogen) atoms. The smallest absolute Gasteiger partial charge is 0.251 e. The lowest BCUT2D eigenvalue weighted by molar-refractivity contribution is -0.00522. The third-order valence-electron chi connectivity index (χ3n) is 7.98. The first-order valence-corrected chi connectivity index (χ1v) is 17.7. The first-order chi connectivity index (χ1) is 21.8. The summed E-state index contributed by atoms with van der Waals surface area (Å²) in [4.78, 5) is 14.7. The summed E-state index contributed by atoms with van der Waals surface area (Å²) in [6.07, 6.45) is 12.2. The van der Waals surface area contributed by atoms with Gasteiger partial charge in [-0.1, -0.05) is 85.2 Å². The van der Waals surface area contributed by atoms with E-state index in [1.165, 1.54) is 43.5 Å². The van der Waals surface area contributed by atoms with E-state index in [9.17, 15) is 9.18 Å². The van der Waals surface area contributed by atoms with Crippen molar-refractivity contribution in [2.45, 2.75) is 144 Å². The normalized spacial score (nSPS) is 18.2. The fourth-order valence-electron chi connectivity index (χ4n) is 6.07. The summed E-state index contributed by atoms with van der Waals surface area (Å²) in [7, 11) is 0. The summed E-state index contributed by atoms with van der Waals surface area (Å²) in [5.74, 6) is 0.214. The van der Waals surface area contributed by atoms with Crippen LogP contribution in [0, 0.1) is 5.82 Å². The van der Waals surface area contributed by atoms with Crippen molar-refractivity contribution < 1.29 is 18.4 Å². The molecule has 5 rings (SSSR count). The van der Waals surface area contributed by atoms with E-state index in [1.54, 1.807) is 6.07 Å². The third kappa shape index (κ3) is 12.4. The Morgan fingerprint density at radius 1 is 0.933 bits per heavy atom. The highest BCUT2D eigenvalue weighted by Gasteiger charge is 2.23. The number of aromatic nitrogens is 1. The van der Waals surface area contributed by atoms with Crippen LogP contribution in [0.1, 0.15) is 142 Å². The van der Waals surface area contributed by atoms with Gasteiger partial charge in [0.05, 0.1) is 17.9 Å². The molecule has 2 atom stereocenters. The van der Waals surface area contributed by atoms with E-state index in [2.05, 4.69) is 69.0 Å². The number of rotatable bonds is 8. The molecule has 1 saturated carbocycles. The number of nitrogens with zero attached hydrogens (tertiary/aromatic N) is 2. The highest BCUT2D eigenvalue weighted by molar-refractivity contribution is 5.94. The molecule has 0 radical (unpaired) electrons. The van der Waals surface area contributed by atoms with Crippen LogP contribution >= 0.6 is 0 Å². The van der Waals surface area contributed by atoms with Crippen LogP contribution in [-0.4, -0.2) is 42.4 Å². The average molecular weight is 626 g/mol. The second-order valence-corrected chi connectivity index (χ2v) is 12.2. The van der Waals surface area contributed by atoms with Crippen LogP contribution in [0.25, 0.3) is 11.0 Å². The maximum atomic E-state index is 13.1. The van der Waals surface area contributed by atoms with Gasteiger partial charge in [0, 0.05) is 47.8 Å². The van der Waals surface area contributed by atoms with Crippen molar-refractivity contribution in [2.24, 2.45) is 0 Å². The fourth-order valence-corrected chi connectivity index (χ4v) is 6.07. The summed E-state index contributed by atoms with van der Waals surface area (Å²) in [5, 5.41) is 8.26. The van der Waals surface area contributed by atoms with Gasteiger partial charge in [-0.15, -0.1) is 0 Å². The van der Waals surface area contributed by atoms with Gasteiger partial charge in [-0.2, -0.15) is 0 Å². The summed E-state index contributed by atoms with van der Waals surface area (Å²) < 4.78 is 24.0. The Bertz CT molecular complexity index is 1210. The molecule has 2 fully saturated rings. The second-order valence-electron chi connectivity index (χ2n) is 12.2. The zero-order valence-electron chi connectivity index (χ0n) is 29.3. The molecule has 2 heterocycles. The number of hydrogen-bond donors (Lipinski definition) is 1. The summed E-state index contributed by atoms with van der Waals surface area (Å²) in [6.45, 7) is 18.6. The van der Waals surface area contributed by atoms with Crippen LogP contribution in [0.2, 0.25) is 0 Å². The molecule has 1 aliphatic heterocycles. The van der Waals surface area contributed by atoms with Crippen LogP contribution in [-0.2, 0) is 4.74 Å². The molecular formula is C38H60FN3O3. The van der Waals surface area contributed by atoms with Gasteiger partial charge in [-0.05, 0) is 75.9 Å². The van der Waals surface area contributed by atoms with Crippen molar-refractivity contribution in [1.29, 1.82) is 0 Å². The minimum atomic E-state index is -0.275. The predicted octanol–water partition coefficient (Wildman–Crippen LogP) is 10.5. The molecule has 0 bridgehead atoms. The predicted molar refractivity (Wildman–Crippen MR) is 187 cm³/mol. The molecular weight excluding hydrogens is 565 g/mol. The number of nitrogens with one attached hydrogen (secondary N) is 1. The van der Waals surface area contributed by atoms with Crippen LogP contribution in [0.4, 0.5) is 10.1 Å². The molecule has 1 aromatic heterocycles. The maximum absolute atomic E-state index is 13.1. The lowest BCUT2D eigenvalue weighted by Crippen LogP contribution is -2.45. The molecule has 252 valence electrons. The molecule has 2 aromatic carbocycles. The van der Waals surface area contributed by atoms with E-state index in [4.69, 9.17) is 9.26 Å². The molecule has 0 spiro atoms. The number of morpholine rings is 1. The highest BCUT2D eigenvalue weighted by Crippen LogP contribution is 2.31. The largest absolute Gasteiger partial charge is 0.372 e. The van der Waals surface area contributed by atoms with E-state index >= 15 is 0 Å². The Morgan fingerprint density at radius 3 is 2.07 bits per heavy atom. The summed E-state index contributed by atoms with van der Waals surface area (Å²) >= 11 is 0. The van der Waals surface area contributed by atoms with E-state index in [1.807, 2.05) is 26.0 Å². The molecule has 6 nitrogen and oxygen atoms in total. The van der Waals surface area contributed by atoms with Crippen LogP contribution in [0.15, 0.2) is 47.0 Å². The molecule has 3 aromatic rings. The highest BCUT2D eigenvalue weighted by atomic mass is 19.1. The number of benzene rings is 2. The lowest BCUT2D eigenvalue weighted by atomic mass is 9.93. The monoisotopic (exact) mass is 625 g/mol. The van der Waals surface area contributed by atoms with Crippen molar-refractivity contribution in [1.82, 2.24) is 10.5 Å². The van der Waals surface area contributed by atoms with Crippen LogP contribution in [0.3, 0.4) is 0 Å². The Morgan fingerprint density at radius 2 is 1.51 bits per heavy atom. The maximum Gasteiger partial charge on any atom is 0.251 e. The number of fused-ring (bicyclic) bond motifs is 1. The quantitative estimate of drug-likeness (QED) is 0.270. The van der Waals surface area contributed by atoms with Gasteiger partial charge in [0.15, 0.2) is 5.58 Å². The molecule has 2 aliphatic rings. The molecule has 2 unspecified atom stereocenters. The number of halogens is 1. The second kappa shape index (κ2) is 21.0. The Hall–Kier alpha value is -2.93. The number of carbonyl (C=O) groups is 1. The van der Waals surface area contributed by atoms with Crippen LogP contribution in [0.5, 0.6) is 0 Å². The first kappa shape index (κ1) is 38.3. The van der Waals surface area contributed by atoms with Gasteiger partial charge in [-0.25, -0.2) is 4.39 Å². The van der Waals surface area contributed by atoms with Crippen molar-refractivity contribution >= 4 is 22.6 Å². The number of amides is 1. The number of hydrogen-bond acceptors (Lipinski definition) is 5. The van der Waals surface area contributed by atoms with Gasteiger partial charge >= 0.3 is 0 Å². The summed E-state index contributed by atoms with van der Waals surface area (Å²) in [6, 6.07) is 13.0. The average Bonchev–Trinajstić information content (AvgIpc) is 3.46. The Kier molecular flexibility index (Phi) is 17.8. The fraction of sp³-hybridized carbons (Fsp3) is 0.632. The molecule has 7 heteroatoms. The van der Waals surface area contributed by atoms with Gasteiger partial charge in [-0.3, -0.25) is 4.79 Å². The van der Waals surface area contributed by atoms with E-state index in [0.717, 1.165) is 68.3 Å². The first-order valence-electron chi connectivity index (χ1n) is 17.7. The Labute approximate surface area is 272 Å². The van der Waals surface area contributed by atoms with E-state index in [-0.39, 0.29) is 23.9 Å².